The summed E-state index contributed by atoms with van der Waals surface area (Å²) < 4.78 is 63.6. The molecule has 2 aromatic heterocycles. The number of aromatic nitrogens is 3. The minimum Gasteiger partial charge on any atom is -0.493 e. The third-order valence-corrected chi connectivity index (χ3v) is 6.65. The van der Waals surface area contributed by atoms with Crippen LogP contribution in [0.3, 0.4) is 0 Å². The highest BCUT2D eigenvalue weighted by Crippen LogP contribution is 2.31. The lowest BCUT2D eigenvalue weighted by molar-refractivity contribution is -0.0436. The molecular weight excluding hydrogens is 447 g/mol. The molecule has 11 heteroatoms. The van der Waals surface area contributed by atoms with Crippen LogP contribution in [-0.4, -0.2) is 33.2 Å². The number of sulfone groups is 1. The van der Waals surface area contributed by atoms with Crippen LogP contribution in [0.4, 0.5) is 13.2 Å². The Kier molecular flexibility index (Phi) is 5.08. The normalized spacial score (nSPS) is 12.4. The SMILES string of the molecule is Cc1c(O)n(-c2ccc(S(=O)(=O)C(F)(F)F)cc2)c(=O)n1Cc1cncc2ccccc12. The Hall–Kier alpha value is -3.60. The number of pyridine rings is 1. The zero-order valence-corrected chi connectivity index (χ0v) is 17.4. The van der Waals surface area contributed by atoms with Gasteiger partial charge in [-0.25, -0.2) is 17.8 Å². The van der Waals surface area contributed by atoms with Gasteiger partial charge < -0.3 is 5.11 Å². The monoisotopic (exact) mass is 463 g/mol. The standard InChI is InChI=1S/C21H16F3N3O4S/c1-13-19(28)27(16-6-8-17(9-7-16)32(30,31)21(22,23)24)20(29)26(13)12-15-11-25-10-14-4-2-3-5-18(14)15/h2-11,28H,12H2,1H3. The van der Waals surface area contributed by atoms with E-state index in [-0.39, 0.29) is 17.9 Å². The molecule has 2 heterocycles. The first-order valence-corrected chi connectivity index (χ1v) is 10.7. The molecule has 32 heavy (non-hydrogen) atoms. The van der Waals surface area contributed by atoms with Gasteiger partial charge in [0, 0.05) is 17.8 Å². The van der Waals surface area contributed by atoms with E-state index >= 15 is 0 Å². The molecule has 0 amide bonds. The van der Waals surface area contributed by atoms with E-state index in [2.05, 4.69) is 4.98 Å². The molecule has 0 saturated heterocycles. The first kappa shape index (κ1) is 21.6. The van der Waals surface area contributed by atoms with Crippen LogP contribution in [0.5, 0.6) is 5.88 Å². The molecule has 0 saturated carbocycles. The van der Waals surface area contributed by atoms with Crippen molar-refractivity contribution < 1.29 is 26.7 Å². The molecule has 2 aromatic carbocycles. The molecule has 0 atom stereocenters. The number of rotatable bonds is 4. The molecule has 0 radical (unpaired) electrons. The van der Waals surface area contributed by atoms with Gasteiger partial charge in [0.2, 0.25) is 5.88 Å². The highest BCUT2D eigenvalue weighted by atomic mass is 32.2. The molecule has 4 rings (SSSR count). The summed E-state index contributed by atoms with van der Waals surface area (Å²) in [5, 5.41) is 12.3. The number of fused-ring (bicyclic) bond motifs is 1. The highest BCUT2D eigenvalue weighted by Gasteiger charge is 2.46. The maximum absolute atomic E-state index is 13.0. The van der Waals surface area contributed by atoms with Crippen LogP contribution in [0.2, 0.25) is 0 Å². The van der Waals surface area contributed by atoms with Gasteiger partial charge in [0.15, 0.2) is 0 Å². The number of hydrogen-bond donors (Lipinski definition) is 1. The highest BCUT2D eigenvalue weighted by molar-refractivity contribution is 7.92. The average molecular weight is 463 g/mol. The van der Waals surface area contributed by atoms with E-state index in [9.17, 15) is 31.5 Å². The molecule has 0 unspecified atom stereocenters. The summed E-state index contributed by atoms with van der Waals surface area (Å²) in [6, 6.07) is 11.0. The maximum Gasteiger partial charge on any atom is 0.501 e. The molecule has 4 aromatic rings. The van der Waals surface area contributed by atoms with Gasteiger partial charge in [-0.15, -0.1) is 0 Å². The van der Waals surface area contributed by atoms with Crippen LogP contribution in [-0.2, 0) is 16.4 Å². The van der Waals surface area contributed by atoms with Crippen molar-refractivity contribution in [3.8, 4) is 11.6 Å². The van der Waals surface area contributed by atoms with E-state index in [1.165, 1.54) is 11.5 Å². The van der Waals surface area contributed by atoms with Crippen LogP contribution >= 0.6 is 0 Å². The topological polar surface area (TPSA) is 94.2 Å². The number of alkyl halides is 3. The Morgan fingerprint density at radius 1 is 1.03 bits per heavy atom. The predicted molar refractivity (Wildman–Crippen MR) is 111 cm³/mol. The van der Waals surface area contributed by atoms with Gasteiger partial charge in [-0.2, -0.15) is 13.2 Å². The van der Waals surface area contributed by atoms with Crippen LogP contribution in [0.1, 0.15) is 11.3 Å². The molecule has 7 nitrogen and oxygen atoms in total. The van der Waals surface area contributed by atoms with E-state index in [0.29, 0.717) is 0 Å². The van der Waals surface area contributed by atoms with Gasteiger partial charge >= 0.3 is 11.2 Å². The van der Waals surface area contributed by atoms with Gasteiger partial charge in [0.05, 0.1) is 22.8 Å². The molecule has 0 aliphatic rings. The van der Waals surface area contributed by atoms with Crippen molar-refractivity contribution in [3.63, 3.8) is 0 Å². The molecule has 0 spiro atoms. The molecule has 0 aliphatic heterocycles. The number of nitrogens with zero attached hydrogens (tertiary/aromatic N) is 3. The third kappa shape index (κ3) is 3.44. The van der Waals surface area contributed by atoms with Crippen molar-refractivity contribution in [3.05, 3.63) is 82.7 Å². The number of hydrogen-bond acceptors (Lipinski definition) is 5. The summed E-state index contributed by atoms with van der Waals surface area (Å²) in [6.45, 7) is 1.62. The average Bonchev–Trinajstić information content (AvgIpc) is 2.96. The lowest BCUT2D eigenvalue weighted by Crippen LogP contribution is -2.25. The summed E-state index contributed by atoms with van der Waals surface area (Å²) in [7, 11) is -5.52. The summed E-state index contributed by atoms with van der Waals surface area (Å²) in [6.07, 6.45) is 3.30. The molecule has 0 aliphatic carbocycles. The number of imidazole rings is 1. The fraction of sp³-hybridized carbons (Fsp3) is 0.143. The van der Waals surface area contributed by atoms with Crippen LogP contribution < -0.4 is 5.69 Å². The second-order valence-corrected chi connectivity index (χ2v) is 9.02. The summed E-state index contributed by atoms with van der Waals surface area (Å²) in [5.41, 5.74) is -5.10. The van der Waals surface area contributed by atoms with E-state index in [0.717, 1.165) is 45.2 Å². The number of benzene rings is 2. The second-order valence-electron chi connectivity index (χ2n) is 7.08. The van der Waals surface area contributed by atoms with Crippen molar-refractivity contribution in [1.82, 2.24) is 14.1 Å². The van der Waals surface area contributed by atoms with Crippen molar-refractivity contribution in [2.45, 2.75) is 23.9 Å². The van der Waals surface area contributed by atoms with E-state index in [1.54, 1.807) is 12.4 Å². The number of aromatic hydroxyl groups is 1. The lowest BCUT2D eigenvalue weighted by atomic mass is 10.1. The Morgan fingerprint density at radius 3 is 2.34 bits per heavy atom. The van der Waals surface area contributed by atoms with E-state index in [4.69, 9.17) is 0 Å². The van der Waals surface area contributed by atoms with Gasteiger partial charge in [-0.1, -0.05) is 24.3 Å². The van der Waals surface area contributed by atoms with Crippen molar-refractivity contribution in [2.75, 3.05) is 0 Å². The van der Waals surface area contributed by atoms with Gasteiger partial charge in [0.1, 0.15) is 0 Å². The molecular formula is C21H16F3N3O4S. The molecule has 166 valence electrons. The maximum atomic E-state index is 13.0. The van der Waals surface area contributed by atoms with Crippen LogP contribution in [0, 0.1) is 6.92 Å². The largest absolute Gasteiger partial charge is 0.501 e. The van der Waals surface area contributed by atoms with Crippen LogP contribution in [0.15, 0.2) is 70.6 Å². The fourth-order valence-corrected chi connectivity index (χ4v) is 4.20. The summed E-state index contributed by atoms with van der Waals surface area (Å²) in [5.74, 6) is -0.408. The van der Waals surface area contributed by atoms with Crippen molar-refractivity contribution >= 4 is 20.6 Å². The van der Waals surface area contributed by atoms with E-state index < -0.39 is 31.8 Å². The smallest absolute Gasteiger partial charge is 0.493 e. The van der Waals surface area contributed by atoms with E-state index in [1.807, 2.05) is 24.3 Å². The molecule has 0 bridgehead atoms. The zero-order valence-electron chi connectivity index (χ0n) is 16.5. The Labute approximate surface area is 179 Å². The van der Waals surface area contributed by atoms with Crippen LogP contribution in [0.25, 0.3) is 16.5 Å². The van der Waals surface area contributed by atoms with Gasteiger partial charge in [0.25, 0.3) is 9.84 Å². The minimum absolute atomic E-state index is 0.0199. The second kappa shape index (κ2) is 7.52. The van der Waals surface area contributed by atoms with Gasteiger partial charge in [-0.3, -0.25) is 9.55 Å². The Morgan fingerprint density at radius 2 is 1.69 bits per heavy atom. The minimum atomic E-state index is -5.52. The summed E-state index contributed by atoms with van der Waals surface area (Å²) >= 11 is 0. The molecule has 0 fully saturated rings. The Balaban J connectivity index is 1.77. The number of halogens is 3. The van der Waals surface area contributed by atoms with Crippen molar-refractivity contribution in [1.29, 1.82) is 0 Å². The summed E-state index contributed by atoms with van der Waals surface area (Å²) in [4.78, 5) is 16.3. The first-order valence-electron chi connectivity index (χ1n) is 9.27. The van der Waals surface area contributed by atoms with Crippen molar-refractivity contribution in [2.24, 2.45) is 0 Å². The molecule has 1 N–H and O–H groups in total. The lowest BCUT2D eigenvalue weighted by Gasteiger charge is -2.09. The fourth-order valence-electron chi connectivity index (χ4n) is 3.44. The first-order chi connectivity index (χ1) is 15.0. The predicted octanol–water partition coefficient (Wildman–Crippen LogP) is 3.54. The van der Waals surface area contributed by atoms with Gasteiger partial charge in [-0.05, 0) is 42.1 Å². The quantitative estimate of drug-likeness (QED) is 0.500. The zero-order chi connectivity index (χ0) is 23.3. The third-order valence-electron chi connectivity index (χ3n) is 5.15. The Bertz CT molecular complexity index is 1480.